The van der Waals surface area contributed by atoms with Crippen LogP contribution in [-0.2, 0) is 4.79 Å². The standard InChI is InChI=1S/C13H16O3/c1-3-9(4-2)10-6-5-7-11(8-10)12(14)13(15)16/h5-9H,3-4H2,1-2H3,(H,15,16). The fourth-order valence-electron chi connectivity index (χ4n) is 1.82. The molecule has 1 rings (SSSR count). The van der Waals surface area contributed by atoms with Gasteiger partial charge in [-0.3, -0.25) is 4.79 Å². The van der Waals surface area contributed by atoms with Gasteiger partial charge in [0.25, 0.3) is 5.78 Å². The fraction of sp³-hybridized carbons (Fsp3) is 0.385. The molecule has 3 heteroatoms. The van der Waals surface area contributed by atoms with Crippen molar-refractivity contribution in [1.29, 1.82) is 0 Å². The Morgan fingerprint density at radius 1 is 1.25 bits per heavy atom. The minimum atomic E-state index is -1.40. The molecule has 0 aliphatic rings. The third kappa shape index (κ3) is 2.69. The molecule has 86 valence electrons. The van der Waals surface area contributed by atoms with Crippen LogP contribution in [0.2, 0.25) is 0 Å². The molecule has 0 amide bonds. The van der Waals surface area contributed by atoms with Gasteiger partial charge in [0.1, 0.15) is 0 Å². The Balaban J connectivity index is 3.03. The summed E-state index contributed by atoms with van der Waals surface area (Å²) in [4.78, 5) is 21.9. The first kappa shape index (κ1) is 12.4. The molecule has 1 N–H and O–H groups in total. The number of carboxylic acids is 1. The summed E-state index contributed by atoms with van der Waals surface area (Å²) in [6.45, 7) is 4.17. The van der Waals surface area contributed by atoms with Crippen molar-refractivity contribution in [3.63, 3.8) is 0 Å². The van der Waals surface area contributed by atoms with Gasteiger partial charge < -0.3 is 5.11 Å². The van der Waals surface area contributed by atoms with Gasteiger partial charge in [0.05, 0.1) is 0 Å². The van der Waals surface area contributed by atoms with Crippen LogP contribution in [-0.4, -0.2) is 16.9 Å². The van der Waals surface area contributed by atoms with Crippen molar-refractivity contribution in [2.75, 3.05) is 0 Å². The van der Waals surface area contributed by atoms with Crippen molar-refractivity contribution in [3.05, 3.63) is 35.4 Å². The van der Waals surface area contributed by atoms with Crippen LogP contribution in [0, 0.1) is 0 Å². The van der Waals surface area contributed by atoms with E-state index in [4.69, 9.17) is 5.11 Å². The summed E-state index contributed by atoms with van der Waals surface area (Å²) in [5, 5.41) is 8.63. The fourth-order valence-corrected chi connectivity index (χ4v) is 1.82. The second-order valence-corrected chi connectivity index (χ2v) is 3.77. The molecule has 0 saturated heterocycles. The first-order chi connectivity index (χ1) is 7.60. The summed E-state index contributed by atoms with van der Waals surface area (Å²) < 4.78 is 0. The maximum absolute atomic E-state index is 11.3. The van der Waals surface area contributed by atoms with Crippen LogP contribution in [0.3, 0.4) is 0 Å². The molecule has 0 aliphatic heterocycles. The van der Waals surface area contributed by atoms with Gasteiger partial charge in [0.15, 0.2) is 0 Å². The lowest BCUT2D eigenvalue weighted by Gasteiger charge is -2.13. The lowest BCUT2D eigenvalue weighted by atomic mass is 9.92. The molecular weight excluding hydrogens is 204 g/mol. The number of benzene rings is 1. The van der Waals surface area contributed by atoms with E-state index >= 15 is 0 Å². The SMILES string of the molecule is CCC(CC)c1cccc(C(=O)C(=O)O)c1. The van der Waals surface area contributed by atoms with E-state index in [0.717, 1.165) is 18.4 Å². The van der Waals surface area contributed by atoms with Crippen LogP contribution >= 0.6 is 0 Å². The van der Waals surface area contributed by atoms with Crippen LogP contribution < -0.4 is 0 Å². The molecule has 0 heterocycles. The molecule has 0 atom stereocenters. The van der Waals surface area contributed by atoms with Crippen LogP contribution in [0.15, 0.2) is 24.3 Å². The molecule has 3 nitrogen and oxygen atoms in total. The lowest BCUT2D eigenvalue weighted by Crippen LogP contribution is -2.13. The minimum Gasteiger partial charge on any atom is -0.475 e. The molecular formula is C13H16O3. The Morgan fingerprint density at radius 2 is 1.88 bits per heavy atom. The van der Waals surface area contributed by atoms with Crippen LogP contribution in [0.25, 0.3) is 0 Å². The van der Waals surface area contributed by atoms with E-state index in [1.165, 1.54) is 0 Å². The number of carbonyl (C=O) groups excluding carboxylic acids is 1. The topological polar surface area (TPSA) is 54.4 Å². The highest BCUT2D eigenvalue weighted by Crippen LogP contribution is 2.23. The van der Waals surface area contributed by atoms with E-state index in [9.17, 15) is 9.59 Å². The Morgan fingerprint density at radius 3 is 2.38 bits per heavy atom. The highest BCUT2D eigenvalue weighted by Gasteiger charge is 2.16. The Kier molecular flexibility index (Phi) is 4.23. The molecule has 0 unspecified atom stereocenters. The zero-order valence-corrected chi connectivity index (χ0v) is 9.56. The highest BCUT2D eigenvalue weighted by molar-refractivity contribution is 6.39. The van der Waals surface area contributed by atoms with Crippen molar-refractivity contribution >= 4 is 11.8 Å². The maximum atomic E-state index is 11.3. The Labute approximate surface area is 95.1 Å². The van der Waals surface area contributed by atoms with Gasteiger partial charge in [0, 0.05) is 5.56 Å². The Bertz CT molecular complexity index is 392. The molecule has 16 heavy (non-hydrogen) atoms. The summed E-state index contributed by atoms with van der Waals surface area (Å²) >= 11 is 0. The van der Waals surface area contributed by atoms with E-state index in [2.05, 4.69) is 13.8 Å². The van der Waals surface area contributed by atoms with Crippen molar-refractivity contribution in [2.45, 2.75) is 32.6 Å². The first-order valence-corrected chi connectivity index (χ1v) is 5.47. The minimum absolute atomic E-state index is 0.261. The second kappa shape index (κ2) is 5.45. The normalized spacial score (nSPS) is 10.4. The van der Waals surface area contributed by atoms with Gasteiger partial charge in [0.2, 0.25) is 0 Å². The van der Waals surface area contributed by atoms with Gasteiger partial charge in [-0.05, 0) is 30.4 Å². The van der Waals surface area contributed by atoms with Crippen molar-refractivity contribution in [1.82, 2.24) is 0 Å². The number of hydrogen-bond acceptors (Lipinski definition) is 2. The zero-order chi connectivity index (χ0) is 12.1. The molecule has 0 saturated carbocycles. The summed E-state index contributed by atoms with van der Waals surface area (Å²) in [5.41, 5.74) is 1.30. The number of carboxylic acid groups (broad SMARTS) is 1. The molecule has 0 aromatic heterocycles. The number of ketones is 1. The second-order valence-electron chi connectivity index (χ2n) is 3.77. The predicted octanol–water partition coefficient (Wildman–Crippen LogP) is 2.86. The van der Waals surface area contributed by atoms with Gasteiger partial charge >= 0.3 is 5.97 Å². The maximum Gasteiger partial charge on any atom is 0.377 e. The molecule has 0 spiro atoms. The van der Waals surface area contributed by atoms with Crippen LogP contribution in [0.4, 0.5) is 0 Å². The highest BCUT2D eigenvalue weighted by atomic mass is 16.4. The number of rotatable bonds is 5. The third-order valence-corrected chi connectivity index (χ3v) is 2.80. The number of carbonyl (C=O) groups is 2. The molecule has 1 aromatic carbocycles. The smallest absolute Gasteiger partial charge is 0.377 e. The molecule has 0 fully saturated rings. The van der Waals surface area contributed by atoms with Crippen LogP contribution in [0.5, 0.6) is 0 Å². The largest absolute Gasteiger partial charge is 0.475 e. The van der Waals surface area contributed by atoms with Gasteiger partial charge in [-0.15, -0.1) is 0 Å². The number of Topliss-reactive ketones (excluding diaryl/α,β-unsaturated/α-hetero) is 1. The molecule has 0 radical (unpaired) electrons. The Hall–Kier alpha value is -1.64. The summed E-state index contributed by atoms with van der Waals surface area (Å²) in [5.74, 6) is -1.85. The number of aliphatic carboxylic acids is 1. The van der Waals surface area contributed by atoms with E-state index < -0.39 is 11.8 Å². The van der Waals surface area contributed by atoms with E-state index in [0.29, 0.717) is 5.92 Å². The lowest BCUT2D eigenvalue weighted by molar-refractivity contribution is -0.131. The quantitative estimate of drug-likeness (QED) is 0.613. The van der Waals surface area contributed by atoms with E-state index in [1.807, 2.05) is 6.07 Å². The third-order valence-electron chi connectivity index (χ3n) is 2.80. The number of hydrogen-bond donors (Lipinski definition) is 1. The average Bonchev–Trinajstić information content (AvgIpc) is 2.30. The summed E-state index contributed by atoms with van der Waals surface area (Å²) in [6, 6.07) is 6.91. The molecule has 1 aromatic rings. The average molecular weight is 220 g/mol. The van der Waals surface area contributed by atoms with Crippen LogP contribution in [0.1, 0.15) is 48.5 Å². The monoisotopic (exact) mass is 220 g/mol. The van der Waals surface area contributed by atoms with E-state index in [-0.39, 0.29) is 5.56 Å². The van der Waals surface area contributed by atoms with Crippen molar-refractivity contribution in [2.24, 2.45) is 0 Å². The van der Waals surface area contributed by atoms with Gasteiger partial charge in [-0.2, -0.15) is 0 Å². The zero-order valence-electron chi connectivity index (χ0n) is 9.56. The van der Waals surface area contributed by atoms with Crippen molar-refractivity contribution in [3.8, 4) is 0 Å². The molecule has 0 aliphatic carbocycles. The first-order valence-electron chi connectivity index (χ1n) is 5.47. The van der Waals surface area contributed by atoms with Gasteiger partial charge in [-0.25, -0.2) is 4.79 Å². The molecule has 0 bridgehead atoms. The van der Waals surface area contributed by atoms with Crippen molar-refractivity contribution < 1.29 is 14.7 Å². The van der Waals surface area contributed by atoms with E-state index in [1.54, 1.807) is 18.2 Å². The van der Waals surface area contributed by atoms with Gasteiger partial charge in [-0.1, -0.05) is 32.0 Å². The predicted molar refractivity (Wildman–Crippen MR) is 61.7 cm³/mol. The summed E-state index contributed by atoms with van der Waals surface area (Å²) in [7, 11) is 0. The summed E-state index contributed by atoms with van der Waals surface area (Å²) in [6.07, 6.45) is 1.97.